The van der Waals surface area contributed by atoms with Crippen LogP contribution >= 0.6 is 0 Å². The number of fused-ring (bicyclic) bond motifs is 1. The summed E-state index contributed by atoms with van der Waals surface area (Å²) in [5.41, 5.74) is 3.75. The molecule has 5 heteroatoms. The van der Waals surface area contributed by atoms with Gasteiger partial charge >= 0.3 is 0 Å². The Morgan fingerprint density at radius 1 is 1.24 bits per heavy atom. The largest absolute Gasteiger partial charge is 0.323 e. The molecular formula is C12H13F2N3. The maximum absolute atomic E-state index is 13.6. The third kappa shape index (κ3) is 2.06. The van der Waals surface area contributed by atoms with E-state index in [0.29, 0.717) is 16.8 Å². The van der Waals surface area contributed by atoms with Crippen molar-refractivity contribution in [1.82, 2.24) is 4.98 Å². The van der Waals surface area contributed by atoms with E-state index in [1.54, 1.807) is 6.07 Å². The van der Waals surface area contributed by atoms with Gasteiger partial charge in [0, 0.05) is 17.1 Å². The SMILES string of the molecule is CC(C)c1cc(NN)c2cc(F)cc(F)c2n1. The summed E-state index contributed by atoms with van der Waals surface area (Å²) in [6.07, 6.45) is 0. The Kier molecular flexibility index (Phi) is 2.93. The van der Waals surface area contributed by atoms with Crippen molar-refractivity contribution in [1.29, 1.82) is 0 Å². The first kappa shape index (κ1) is 11.7. The Morgan fingerprint density at radius 3 is 2.53 bits per heavy atom. The van der Waals surface area contributed by atoms with E-state index in [4.69, 9.17) is 5.84 Å². The third-order valence-corrected chi connectivity index (χ3v) is 2.60. The first-order valence-corrected chi connectivity index (χ1v) is 5.29. The average molecular weight is 237 g/mol. The fraction of sp³-hybridized carbons (Fsp3) is 0.250. The minimum Gasteiger partial charge on any atom is -0.323 e. The van der Waals surface area contributed by atoms with Crippen LogP contribution in [0.1, 0.15) is 25.5 Å². The molecule has 1 aromatic carbocycles. The zero-order chi connectivity index (χ0) is 12.6. The molecule has 3 nitrogen and oxygen atoms in total. The van der Waals surface area contributed by atoms with Crippen molar-refractivity contribution in [3.63, 3.8) is 0 Å². The van der Waals surface area contributed by atoms with Crippen LogP contribution < -0.4 is 11.3 Å². The molecule has 1 heterocycles. The molecule has 0 unspecified atom stereocenters. The van der Waals surface area contributed by atoms with Crippen LogP contribution in [0.2, 0.25) is 0 Å². The van der Waals surface area contributed by atoms with Crippen LogP contribution in [0.4, 0.5) is 14.5 Å². The molecule has 3 N–H and O–H groups in total. The Morgan fingerprint density at radius 2 is 1.94 bits per heavy atom. The van der Waals surface area contributed by atoms with Gasteiger partial charge in [-0.05, 0) is 18.1 Å². The van der Waals surface area contributed by atoms with Gasteiger partial charge in [0.2, 0.25) is 0 Å². The lowest BCUT2D eigenvalue weighted by Gasteiger charge is -2.11. The van der Waals surface area contributed by atoms with Crippen LogP contribution in [0.5, 0.6) is 0 Å². The first-order valence-electron chi connectivity index (χ1n) is 5.29. The van der Waals surface area contributed by atoms with Gasteiger partial charge in [0.15, 0.2) is 5.82 Å². The van der Waals surface area contributed by atoms with Crippen molar-refractivity contribution in [3.05, 3.63) is 35.5 Å². The van der Waals surface area contributed by atoms with Crippen LogP contribution in [-0.2, 0) is 0 Å². The first-order chi connectivity index (χ1) is 8.02. The zero-order valence-corrected chi connectivity index (χ0v) is 9.59. The highest BCUT2D eigenvalue weighted by Gasteiger charge is 2.12. The summed E-state index contributed by atoms with van der Waals surface area (Å²) < 4.78 is 26.8. The molecular weight excluding hydrogens is 224 g/mol. The van der Waals surface area contributed by atoms with E-state index in [1.807, 2.05) is 13.8 Å². The number of rotatable bonds is 2. The average Bonchev–Trinajstić information content (AvgIpc) is 2.27. The van der Waals surface area contributed by atoms with E-state index in [-0.39, 0.29) is 11.4 Å². The molecule has 1 aromatic heterocycles. The highest BCUT2D eigenvalue weighted by molar-refractivity contribution is 5.91. The van der Waals surface area contributed by atoms with Crippen molar-refractivity contribution in [2.75, 3.05) is 5.43 Å². The smallest absolute Gasteiger partial charge is 0.152 e. The Labute approximate surface area is 97.6 Å². The summed E-state index contributed by atoms with van der Waals surface area (Å²) in [5, 5.41) is 0.342. The molecule has 0 bridgehead atoms. The minimum atomic E-state index is -0.681. The standard InChI is InChI=1S/C12H13F2N3/c1-6(2)10-5-11(17-15)8-3-7(13)4-9(14)12(8)16-10/h3-6H,15H2,1-2H3,(H,16,17). The van der Waals surface area contributed by atoms with E-state index < -0.39 is 11.6 Å². The van der Waals surface area contributed by atoms with Gasteiger partial charge in [0.05, 0.1) is 5.69 Å². The second kappa shape index (κ2) is 4.25. The summed E-state index contributed by atoms with van der Waals surface area (Å²) in [5.74, 6) is 4.17. The normalized spacial score (nSPS) is 11.2. The Bertz CT molecular complexity index is 567. The van der Waals surface area contributed by atoms with Crippen LogP contribution in [-0.4, -0.2) is 4.98 Å². The number of hydrogen-bond acceptors (Lipinski definition) is 3. The van der Waals surface area contributed by atoms with Gasteiger partial charge in [-0.1, -0.05) is 13.8 Å². The van der Waals surface area contributed by atoms with E-state index in [2.05, 4.69) is 10.4 Å². The van der Waals surface area contributed by atoms with E-state index >= 15 is 0 Å². The van der Waals surface area contributed by atoms with Gasteiger partial charge in [0.1, 0.15) is 11.3 Å². The molecule has 2 aromatic rings. The predicted molar refractivity (Wildman–Crippen MR) is 63.6 cm³/mol. The summed E-state index contributed by atoms with van der Waals surface area (Å²) in [4.78, 5) is 4.19. The molecule has 0 aliphatic carbocycles. The summed E-state index contributed by atoms with van der Waals surface area (Å²) in [6, 6.07) is 3.73. The highest BCUT2D eigenvalue weighted by Crippen LogP contribution is 2.28. The number of nitrogens with two attached hydrogens (primary N) is 1. The Balaban J connectivity index is 2.82. The zero-order valence-electron chi connectivity index (χ0n) is 9.59. The maximum Gasteiger partial charge on any atom is 0.152 e. The van der Waals surface area contributed by atoms with Gasteiger partial charge in [-0.15, -0.1) is 0 Å². The number of hydrogen-bond donors (Lipinski definition) is 2. The number of nitrogens with one attached hydrogen (secondary N) is 1. The highest BCUT2D eigenvalue weighted by atomic mass is 19.1. The molecule has 0 aliphatic rings. The number of aromatic nitrogens is 1. The lowest BCUT2D eigenvalue weighted by molar-refractivity contribution is 0.590. The summed E-state index contributed by atoms with van der Waals surface area (Å²) >= 11 is 0. The minimum absolute atomic E-state index is 0.130. The number of anilines is 1. The van der Waals surface area contributed by atoms with Gasteiger partial charge in [-0.3, -0.25) is 5.84 Å². The second-order valence-electron chi connectivity index (χ2n) is 4.18. The van der Waals surface area contributed by atoms with Crippen molar-refractivity contribution in [2.24, 2.45) is 5.84 Å². The molecule has 0 amide bonds. The van der Waals surface area contributed by atoms with Crippen molar-refractivity contribution < 1.29 is 8.78 Å². The lowest BCUT2D eigenvalue weighted by Crippen LogP contribution is -2.09. The number of nitrogen functional groups attached to an aromatic ring is 1. The Hall–Kier alpha value is -1.75. The van der Waals surface area contributed by atoms with Crippen LogP contribution in [0.3, 0.4) is 0 Å². The maximum atomic E-state index is 13.6. The van der Waals surface area contributed by atoms with Gasteiger partial charge in [-0.2, -0.15) is 0 Å². The predicted octanol–water partition coefficient (Wildman–Crippen LogP) is 2.92. The monoisotopic (exact) mass is 237 g/mol. The van der Waals surface area contributed by atoms with Crippen LogP contribution in [0, 0.1) is 11.6 Å². The fourth-order valence-electron chi connectivity index (χ4n) is 1.69. The molecule has 0 saturated heterocycles. The van der Waals surface area contributed by atoms with Gasteiger partial charge in [-0.25, -0.2) is 13.8 Å². The second-order valence-corrected chi connectivity index (χ2v) is 4.18. The van der Waals surface area contributed by atoms with Crippen molar-refractivity contribution in [3.8, 4) is 0 Å². The molecule has 17 heavy (non-hydrogen) atoms. The van der Waals surface area contributed by atoms with Gasteiger partial charge in [0.25, 0.3) is 0 Å². The lowest BCUT2D eigenvalue weighted by atomic mass is 10.1. The van der Waals surface area contributed by atoms with Crippen LogP contribution in [0.25, 0.3) is 10.9 Å². The van der Waals surface area contributed by atoms with E-state index in [1.165, 1.54) is 6.07 Å². The molecule has 0 spiro atoms. The number of nitrogens with zero attached hydrogens (tertiary/aromatic N) is 1. The van der Waals surface area contributed by atoms with Crippen molar-refractivity contribution in [2.45, 2.75) is 19.8 Å². The fourth-order valence-corrected chi connectivity index (χ4v) is 1.69. The van der Waals surface area contributed by atoms with Gasteiger partial charge < -0.3 is 5.43 Å². The number of benzene rings is 1. The quantitative estimate of drug-likeness (QED) is 0.623. The molecule has 0 fully saturated rings. The molecule has 0 atom stereocenters. The number of pyridine rings is 1. The molecule has 0 saturated carbocycles. The molecule has 90 valence electrons. The number of halogens is 2. The molecule has 0 radical (unpaired) electrons. The van der Waals surface area contributed by atoms with Crippen molar-refractivity contribution >= 4 is 16.6 Å². The van der Waals surface area contributed by atoms with E-state index in [9.17, 15) is 8.78 Å². The van der Waals surface area contributed by atoms with Crippen LogP contribution in [0.15, 0.2) is 18.2 Å². The summed E-state index contributed by atoms with van der Waals surface area (Å²) in [7, 11) is 0. The molecule has 0 aliphatic heterocycles. The summed E-state index contributed by atoms with van der Waals surface area (Å²) in [6.45, 7) is 3.88. The molecule has 2 rings (SSSR count). The number of hydrazine groups is 1. The topological polar surface area (TPSA) is 50.9 Å². The third-order valence-electron chi connectivity index (χ3n) is 2.60. The van der Waals surface area contributed by atoms with E-state index in [0.717, 1.165) is 6.07 Å².